The van der Waals surface area contributed by atoms with Crippen molar-refractivity contribution in [3.63, 3.8) is 0 Å². The van der Waals surface area contributed by atoms with Gasteiger partial charge in [0.05, 0.1) is 4.90 Å². The summed E-state index contributed by atoms with van der Waals surface area (Å²) in [5, 5.41) is 2.80. The third-order valence-electron chi connectivity index (χ3n) is 4.19. The van der Waals surface area contributed by atoms with E-state index < -0.39 is 10.0 Å². The number of aryl methyl sites for hydroxylation is 1. The fourth-order valence-corrected chi connectivity index (χ4v) is 4.95. The molecule has 5 nitrogen and oxygen atoms in total. The van der Waals surface area contributed by atoms with Crippen molar-refractivity contribution in [2.75, 3.05) is 30.4 Å². The summed E-state index contributed by atoms with van der Waals surface area (Å²) in [4.78, 5) is 12.2. The van der Waals surface area contributed by atoms with Crippen LogP contribution in [0.2, 0.25) is 0 Å². The SMILES string of the molecule is CSCCC(=O)Nc1ccc(C)c(S(=O)(=O)N2CCCCCC2)c1. The van der Waals surface area contributed by atoms with E-state index in [-0.39, 0.29) is 5.91 Å². The van der Waals surface area contributed by atoms with E-state index in [1.54, 1.807) is 41.2 Å². The topological polar surface area (TPSA) is 66.5 Å². The summed E-state index contributed by atoms with van der Waals surface area (Å²) in [5.41, 5.74) is 1.25. The monoisotopic (exact) mass is 370 g/mol. The molecule has 7 heteroatoms. The molecule has 0 aromatic heterocycles. The van der Waals surface area contributed by atoms with Gasteiger partial charge in [-0.25, -0.2) is 8.42 Å². The minimum absolute atomic E-state index is 0.0914. The lowest BCUT2D eigenvalue weighted by Gasteiger charge is -2.21. The van der Waals surface area contributed by atoms with Gasteiger partial charge in [-0.1, -0.05) is 18.9 Å². The highest BCUT2D eigenvalue weighted by Gasteiger charge is 2.27. The number of carbonyl (C=O) groups excluding carboxylic acids is 1. The first-order valence-electron chi connectivity index (χ1n) is 8.35. The Labute approximate surface area is 149 Å². The first-order valence-corrected chi connectivity index (χ1v) is 11.2. The number of anilines is 1. The summed E-state index contributed by atoms with van der Waals surface area (Å²) in [6.45, 7) is 2.95. The molecule has 0 unspecified atom stereocenters. The number of benzene rings is 1. The number of nitrogens with zero attached hydrogens (tertiary/aromatic N) is 1. The van der Waals surface area contributed by atoms with Crippen molar-refractivity contribution < 1.29 is 13.2 Å². The molecule has 2 rings (SSSR count). The van der Waals surface area contributed by atoms with Crippen molar-refractivity contribution in [1.29, 1.82) is 0 Å². The molecule has 1 N–H and O–H groups in total. The maximum absolute atomic E-state index is 13.0. The van der Waals surface area contributed by atoms with Gasteiger partial charge in [0.25, 0.3) is 0 Å². The van der Waals surface area contributed by atoms with E-state index in [4.69, 9.17) is 0 Å². The highest BCUT2D eigenvalue weighted by atomic mass is 32.2. The number of hydrogen-bond acceptors (Lipinski definition) is 4. The van der Waals surface area contributed by atoms with E-state index in [0.717, 1.165) is 31.4 Å². The zero-order valence-corrected chi connectivity index (χ0v) is 16.0. The fourth-order valence-electron chi connectivity index (χ4n) is 2.80. The Morgan fingerprint density at radius 3 is 2.50 bits per heavy atom. The number of rotatable bonds is 6. The van der Waals surface area contributed by atoms with E-state index in [1.807, 2.05) is 6.26 Å². The van der Waals surface area contributed by atoms with Crippen LogP contribution in [0.25, 0.3) is 0 Å². The van der Waals surface area contributed by atoms with Crippen LogP contribution < -0.4 is 5.32 Å². The van der Waals surface area contributed by atoms with Crippen LogP contribution in [0.4, 0.5) is 5.69 Å². The Morgan fingerprint density at radius 1 is 1.21 bits per heavy atom. The number of sulfonamides is 1. The second-order valence-corrected chi connectivity index (χ2v) is 8.98. The molecule has 0 aliphatic carbocycles. The average Bonchev–Trinajstić information content (AvgIpc) is 2.84. The molecular weight excluding hydrogens is 344 g/mol. The van der Waals surface area contributed by atoms with Crippen LogP contribution in [-0.4, -0.2) is 43.7 Å². The third kappa shape index (κ3) is 4.97. The first-order chi connectivity index (χ1) is 11.4. The van der Waals surface area contributed by atoms with Crippen molar-refractivity contribution in [3.8, 4) is 0 Å². The van der Waals surface area contributed by atoms with E-state index in [9.17, 15) is 13.2 Å². The van der Waals surface area contributed by atoms with E-state index in [1.165, 1.54) is 0 Å². The summed E-state index contributed by atoms with van der Waals surface area (Å²) in [6.07, 6.45) is 6.34. The molecule has 0 bridgehead atoms. The minimum Gasteiger partial charge on any atom is -0.326 e. The van der Waals surface area contributed by atoms with Gasteiger partial charge in [0, 0.05) is 31.0 Å². The summed E-state index contributed by atoms with van der Waals surface area (Å²) < 4.78 is 27.5. The van der Waals surface area contributed by atoms with Crippen LogP contribution in [0.3, 0.4) is 0 Å². The van der Waals surface area contributed by atoms with Crippen molar-refractivity contribution in [2.45, 2.75) is 43.9 Å². The number of hydrogen-bond donors (Lipinski definition) is 1. The molecule has 1 aromatic carbocycles. The summed E-state index contributed by atoms with van der Waals surface area (Å²) in [7, 11) is -3.51. The molecule has 0 atom stereocenters. The van der Waals surface area contributed by atoms with Gasteiger partial charge in [0.2, 0.25) is 15.9 Å². The average molecular weight is 371 g/mol. The molecule has 0 saturated carbocycles. The van der Waals surface area contributed by atoms with Crippen LogP contribution in [0.1, 0.15) is 37.7 Å². The molecule has 1 aromatic rings. The van der Waals surface area contributed by atoms with Crippen molar-refractivity contribution in [3.05, 3.63) is 23.8 Å². The van der Waals surface area contributed by atoms with Gasteiger partial charge in [-0.15, -0.1) is 0 Å². The molecule has 1 amide bonds. The molecule has 1 fully saturated rings. The molecule has 1 aliphatic rings. The van der Waals surface area contributed by atoms with Gasteiger partial charge in [0.1, 0.15) is 0 Å². The van der Waals surface area contributed by atoms with E-state index in [2.05, 4.69) is 5.32 Å². The zero-order chi connectivity index (χ0) is 17.6. The van der Waals surface area contributed by atoms with E-state index >= 15 is 0 Å². The molecular formula is C17H26N2O3S2. The molecule has 134 valence electrons. The molecule has 1 saturated heterocycles. The van der Waals surface area contributed by atoms with Gasteiger partial charge in [-0.05, 0) is 43.7 Å². The normalized spacial score (nSPS) is 16.6. The lowest BCUT2D eigenvalue weighted by atomic mass is 10.2. The summed E-state index contributed by atoms with van der Waals surface area (Å²) in [5.74, 6) is 0.655. The Morgan fingerprint density at radius 2 is 1.88 bits per heavy atom. The smallest absolute Gasteiger partial charge is 0.243 e. The largest absolute Gasteiger partial charge is 0.326 e. The fraction of sp³-hybridized carbons (Fsp3) is 0.588. The third-order valence-corrected chi connectivity index (χ3v) is 6.84. The van der Waals surface area contributed by atoms with Crippen molar-refractivity contribution in [2.24, 2.45) is 0 Å². The van der Waals surface area contributed by atoms with Gasteiger partial charge in [-0.2, -0.15) is 16.1 Å². The number of nitrogens with one attached hydrogen (secondary N) is 1. The van der Waals surface area contributed by atoms with Crippen molar-refractivity contribution in [1.82, 2.24) is 4.31 Å². The van der Waals surface area contributed by atoms with Crippen LogP contribution in [0, 0.1) is 6.92 Å². The quantitative estimate of drug-likeness (QED) is 0.835. The lowest BCUT2D eigenvalue weighted by Crippen LogP contribution is -2.32. The number of thioether (sulfide) groups is 1. The Hall–Kier alpha value is -1.05. The van der Waals surface area contributed by atoms with Crippen molar-refractivity contribution >= 4 is 33.4 Å². The second-order valence-electron chi connectivity index (χ2n) is 6.09. The minimum atomic E-state index is -3.51. The van der Waals surface area contributed by atoms with Gasteiger partial charge in [0.15, 0.2) is 0 Å². The number of amides is 1. The van der Waals surface area contributed by atoms with Crippen LogP contribution in [0.5, 0.6) is 0 Å². The zero-order valence-electron chi connectivity index (χ0n) is 14.4. The predicted octanol–water partition coefficient (Wildman–Crippen LogP) is 3.25. The van der Waals surface area contributed by atoms with Crippen LogP contribution >= 0.6 is 11.8 Å². The molecule has 24 heavy (non-hydrogen) atoms. The molecule has 1 aliphatic heterocycles. The Kier molecular flexibility index (Phi) is 7.13. The summed E-state index contributed by atoms with van der Waals surface area (Å²) >= 11 is 1.61. The standard InChI is InChI=1S/C17H26N2O3S2/c1-14-7-8-15(18-17(20)9-12-23-2)13-16(14)24(21,22)19-10-5-3-4-6-11-19/h7-8,13H,3-6,9-12H2,1-2H3,(H,18,20). The lowest BCUT2D eigenvalue weighted by molar-refractivity contribution is -0.115. The Bertz CT molecular complexity index is 666. The summed E-state index contributed by atoms with van der Waals surface area (Å²) in [6, 6.07) is 5.11. The maximum atomic E-state index is 13.0. The highest BCUT2D eigenvalue weighted by molar-refractivity contribution is 7.98. The first kappa shape index (κ1) is 19.3. The van der Waals surface area contributed by atoms with Gasteiger partial charge in [-0.3, -0.25) is 4.79 Å². The van der Waals surface area contributed by atoms with Gasteiger partial charge < -0.3 is 5.32 Å². The molecule has 1 heterocycles. The predicted molar refractivity (Wildman–Crippen MR) is 100 cm³/mol. The number of carbonyl (C=O) groups is 1. The maximum Gasteiger partial charge on any atom is 0.243 e. The molecule has 0 radical (unpaired) electrons. The highest BCUT2D eigenvalue weighted by Crippen LogP contribution is 2.26. The van der Waals surface area contributed by atoms with E-state index in [0.29, 0.717) is 35.7 Å². The Balaban J connectivity index is 2.22. The second kappa shape index (κ2) is 8.87. The van der Waals surface area contributed by atoms with Gasteiger partial charge >= 0.3 is 0 Å². The van der Waals surface area contributed by atoms with Crippen LogP contribution in [-0.2, 0) is 14.8 Å². The van der Waals surface area contributed by atoms with Crippen LogP contribution in [0.15, 0.2) is 23.1 Å². The molecule has 0 spiro atoms.